The van der Waals surface area contributed by atoms with Crippen molar-refractivity contribution in [3.8, 4) is 0 Å². The van der Waals surface area contributed by atoms with Crippen molar-refractivity contribution in [1.82, 2.24) is 0 Å². The van der Waals surface area contributed by atoms with Crippen LogP contribution in [-0.2, 0) is 30.4 Å². The topological polar surface area (TPSA) is 172 Å². The van der Waals surface area contributed by atoms with Crippen LogP contribution < -0.4 is 0 Å². The molecule has 0 bridgehead atoms. The van der Waals surface area contributed by atoms with E-state index in [2.05, 4.69) is 0 Å². The Labute approximate surface area is 197 Å². The molecular weight excluding hydrogens is 680 g/mol. The molecule has 1 radical (unpaired) electrons. The van der Waals surface area contributed by atoms with E-state index in [0.717, 1.165) is 0 Å². The summed E-state index contributed by atoms with van der Waals surface area (Å²) in [7, 11) is -18.7. The average molecular weight is 683 g/mol. The van der Waals surface area contributed by atoms with Gasteiger partial charge in [0.1, 0.15) is 0 Å². The Balaban J connectivity index is -0.000000174. The SMILES string of the molecule is O=S(=O)([O-])C(F)(F)C(F)F.O=S(=O)([O-])C(F)(F)C(F)F.O=S(=O)([O-])C(F)(F)C(F)F.[Ce+3]. The zero-order valence-corrected chi connectivity index (χ0v) is 18.8. The Morgan fingerprint density at radius 1 is 0.452 bits per heavy atom. The van der Waals surface area contributed by atoms with E-state index >= 15 is 0 Å². The van der Waals surface area contributed by atoms with E-state index in [-0.39, 0.29) is 41.7 Å². The van der Waals surface area contributed by atoms with Gasteiger partial charge in [-0.15, -0.1) is 0 Å². The second kappa shape index (κ2) is 12.7. The second-order valence-electron chi connectivity index (χ2n) is 3.95. The van der Waals surface area contributed by atoms with Gasteiger partial charge in [-0.3, -0.25) is 0 Å². The molecule has 0 spiro atoms. The van der Waals surface area contributed by atoms with Gasteiger partial charge in [0.05, 0.1) is 0 Å². The normalized spacial score (nSPS) is 13.7. The van der Waals surface area contributed by atoms with E-state index in [0.29, 0.717) is 0 Å². The summed E-state index contributed by atoms with van der Waals surface area (Å²) in [5.74, 6) is 0. The molecule has 31 heavy (non-hydrogen) atoms. The molecule has 0 aromatic heterocycles. The molecule has 0 aliphatic carbocycles. The van der Waals surface area contributed by atoms with Crippen molar-refractivity contribution in [2.45, 2.75) is 35.0 Å². The van der Waals surface area contributed by atoms with Gasteiger partial charge in [-0.1, -0.05) is 0 Å². The summed E-state index contributed by atoms with van der Waals surface area (Å²) in [4.78, 5) is 0. The number of alkyl halides is 12. The summed E-state index contributed by atoms with van der Waals surface area (Å²) in [5, 5.41) is -16.4. The first kappa shape index (κ1) is 38.5. The Morgan fingerprint density at radius 2 is 0.548 bits per heavy atom. The van der Waals surface area contributed by atoms with E-state index in [1.54, 1.807) is 0 Å². The fourth-order valence-corrected chi connectivity index (χ4v) is 0.982. The van der Waals surface area contributed by atoms with Gasteiger partial charge < -0.3 is 13.7 Å². The first-order chi connectivity index (χ1) is 12.6. The summed E-state index contributed by atoms with van der Waals surface area (Å²) >= 11 is 0. The molecule has 0 rings (SSSR count). The molecular formula is C6H3CeF12O9S3. The Bertz CT molecular complexity index is 740. The summed E-state index contributed by atoms with van der Waals surface area (Å²) in [6.07, 6.45) is -13.4. The molecule has 0 N–H and O–H groups in total. The van der Waals surface area contributed by atoms with E-state index < -0.39 is 65.4 Å². The molecule has 0 aliphatic rings. The molecule has 0 aromatic rings. The van der Waals surface area contributed by atoms with Crippen LogP contribution in [0, 0.1) is 41.7 Å². The van der Waals surface area contributed by atoms with Crippen LogP contribution in [0.25, 0.3) is 0 Å². The van der Waals surface area contributed by atoms with Crippen molar-refractivity contribution >= 4 is 30.4 Å². The van der Waals surface area contributed by atoms with Crippen LogP contribution in [0.2, 0.25) is 0 Å². The van der Waals surface area contributed by atoms with Gasteiger partial charge in [0.25, 0.3) is 0 Å². The van der Waals surface area contributed by atoms with Crippen LogP contribution in [-0.4, -0.2) is 74.0 Å². The smallest absolute Gasteiger partial charge is 0.743 e. The molecule has 187 valence electrons. The number of rotatable bonds is 6. The van der Waals surface area contributed by atoms with Crippen LogP contribution >= 0.6 is 0 Å². The zero-order valence-electron chi connectivity index (χ0n) is 13.2. The molecule has 0 unspecified atom stereocenters. The van der Waals surface area contributed by atoms with E-state index in [4.69, 9.17) is 0 Å². The number of halogens is 12. The van der Waals surface area contributed by atoms with Crippen molar-refractivity contribution in [1.29, 1.82) is 0 Å². The molecule has 0 aliphatic heterocycles. The van der Waals surface area contributed by atoms with Gasteiger partial charge in [0, 0.05) is 0 Å². The molecule has 9 nitrogen and oxygen atoms in total. The van der Waals surface area contributed by atoms with Gasteiger partial charge in [0.2, 0.25) is 0 Å². The van der Waals surface area contributed by atoms with Crippen LogP contribution in [0.5, 0.6) is 0 Å². The molecule has 0 amide bonds. The molecule has 0 atom stereocenters. The maximum Gasteiger partial charge on any atom is 3.00 e. The molecule has 0 saturated carbocycles. The summed E-state index contributed by atoms with van der Waals surface area (Å²) in [6.45, 7) is 0. The quantitative estimate of drug-likeness (QED) is 0.295. The molecule has 25 heteroatoms. The van der Waals surface area contributed by atoms with Crippen molar-refractivity contribution in [3.05, 3.63) is 0 Å². The predicted molar refractivity (Wildman–Crippen MR) is 61.9 cm³/mol. The summed E-state index contributed by atoms with van der Waals surface area (Å²) in [6, 6.07) is 0. The van der Waals surface area contributed by atoms with Gasteiger partial charge in [-0.05, 0) is 0 Å². The first-order valence-corrected chi connectivity index (χ1v) is 9.65. The molecule has 0 saturated heterocycles. The number of hydrogen-bond acceptors (Lipinski definition) is 9. The standard InChI is InChI=1S/3C2H2F4O3S.Ce/c3*3-1(4)2(5,6)10(7,8)9;/h3*1H,(H,7,8,9);/q;;;+3/p-3. The van der Waals surface area contributed by atoms with Gasteiger partial charge >= 0.3 is 76.8 Å². The minimum absolute atomic E-state index is 0. The number of hydrogen-bond donors (Lipinski definition) is 0. The first-order valence-electron chi connectivity index (χ1n) is 5.42. The third kappa shape index (κ3) is 11.8. The van der Waals surface area contributed by atoms with Crippen LogP contribution in [0.4, 0.5) is 52.7 Å². The van der Waals surface area contributed by atoms with Crippen molar-refractivity contribution in [2.75, 3.05) is 0 Å². The van der Waals surface area contributed by atoms with Gasteiger partial charge in [-0.25, -0.2) is 51.6 Å². The van der Waals surface area contributed by atoms with Crippen LogP contribution in [0.15, 0.2) is 0 Å². The third-order valence-corrected chi connectivity index (χ3v) is 4.30. The molecule has 0 fully saturated rings. The van der Waals surface area contributed by atoms with E-state index in [1.165, 1.54) is 0 Å². The van der Waals surface area contributed by atoms with E-state index in [1.807, 2.05) is 0 Å². The van der Waals surface area contributed by atoms with Crippen molar-refractivity contribution < 1.29 is 133 Å². The van der Waals surface area contributed by atoms with Crippen molar-refractivity contribution in [3.63, 3.8) is 0 Å². The molecule has 0 heterocycles. The minimum Gasteiger partial charge on any atom is -0.743 e. The Kier molecular flexibility index (Phi) is 15.7. The van der Waals surface area contributed by atoms with Crippen LogP contribution in [0.3, 0.4) is 0 Å². The molecule has 0 aromatic carbocycles. The van der Waals surface area contributed by atoms with Crippen LogP contribution in [0.1, 0.15) is 0 Å². The van der Waals surface area contributed by atoms with Crippen molar-refractivity contribution in [2.24, 2.45) is 0 Å². The fourth-order valence-electron chi connectivity index (χ4n) is 0.327. The van der Waals surface area contributed by atoms with Gasteiger partial charge in [-0.2, -0.15) is 26.3 Å². The monoisotopic (exact) mass is 683 g/mol. The maximum atomic E-state index is 11.4. The fraction of sp³-hybridized carbons (Fsp3) is 1.00. The average Bonchev–Trinajstić information content (AvgIpc) is 2.44. The minimum atomic E-state index is -6.23. The maximum absolute atomic E-state index is 11.4. The third-order valence-electron chi connectivity index (χ3n) is 1.76. The summed E-state index contributed by atoms with van der Waals surface area (Å²) < 4.78 is 218. The zero-order chi connectivity index (χ0) is 25.7. The summed E-state index contributed by atoms with van der Waals surface area (Å²) in [5.41, 5.74) is 0. The second-order valence-corrected chi connectivity index (χ2v) is 8.31. The predicted octanol–water partition coefficient (Wildman–Crippen LogP) is 1.17. The Hall–Kier alpha value is 0.267. The Morgan fingerprint density at radius 3 is 0.548 bits per heavy atom. The van der Waals surface area contributed by atoms with Gasteiger partial charge in [0.15, 0.2) is 30.4 Å². The largest absolute Gasteiger partial charge is 3.00 e. The van der Waals surface area contributed by atoms with E-state index in [9.17, 15) is 91.6 Å².